The molecular formula is C23H21NO6S. The highest BCUT2D eigenvalue weighted by Gasteiger charge is 2.42. The Labute approximate surface area is 180 Å². The van der Waals surface area contributed by atoms with Gasteiger partial charge in [-0.3, -0.25) is 4.72 Å². The molecule has 2 aliphatic heterocycles. The molecule has 160 valence electrons. The van der Waals surface area contributed by atoms with Gasteiger partial charge in [-0.15, -0.1) is 0 Å². The zero-order valence-electron chi connectivity index (χ0n) is 17.0. The molecular weight excluding hydrogens is 418 g/mol. The van der Waals surface area contributed by atoms with Crippen LogP contribution in [0.3, 0.4) is 0 Å². The predicted molar refractivity (Wildman–Crippen MR) is 115 cm³/mol. The summed E-state index contributed by atoms with van der Waals surface area (Å²) < 4.78 is 51.3. The molecule has 2 aliphatic rings. The fourth-order valence-electron chi connectivity index (χ4n) is 4.06. The Kier molecular flexibility index (Phi) is 4.66. The number of hydrogen-bond acceptors (Lipinski definition) is 6. The summed E-state index contributed by atoms with van der Waals surface area (Å²) in [6, 6.07) is 17.3. The monoisotopic (exact) mass is 439 g/mol. The Bertz CT molecular complexity index is 1240. The van der Waals surface area contributed by atoms with Crippen molar-refractivity contribution in [1.82, 2.24) is 0 Å². The van der Waals surface area contributed by atoms with Crippen molar-refractivity contribution < 1.29 is 27.4 Å². The quantitative estimate of drug-likeness (QED) is 0.644. The highest BCUT2D eigenvalue weighted by Crippen LogP contribution is 2.55. The van der Waals surface area contributed by atoms with Gasteiger partial charge in [0.25, 0.3) is 10.0 Å². The van der Waals surface area contributed by atoms with E-state index in [-0.39, 0.29) is 16.9 Å². The van der Waals surface area contributed by atoms with Gasteiger partial charge in [-0.25, -0.2) is 8.42 Å². The maximum absolute atomic E-state index is 12.8. The number of sulfonamides is 1. The van der Waals surface area contributed by atoms with Gasteiger partial charge < -0.3 is 18.9 Å². The molecule has 0 radical (unpaired) electrons. The Morgan fingerprint density at radius 3 is 2.52 bits per heavy atom. The lowest BCUT2D eigenvalue weighted by Crippen LogP contribution is -2.23. The van der Waals surface area contributed by atoms with E-state index >= 15 is 0 Å². The van der Waals surface area contributed by atoms with Crippen LogP contribution in [0.4, 0.5) is 5.69 Å². The molecule has 0 saturated carbocycles. The second kappa shape index (κ2) is 7.39. The molecule has 0 amide bonds. The van der Waals surface area contributed by atoms with Gasteiger partial charge in [-0.05, 0) is 30.3 Å². The molecule has 2 unspecified atom stereocenters. The minimum Gasteiger partial charge on any atom is -0.497 e. The van der Waals surface area contributed by atoms with E-state index in [9.17, 15) is 8.42 Å². The van der Waals surface area contributed by atoms with Crippen molar-refractivity contribution in [2.75, 3.05) is 25.5 Å². The molecule has 0 bridgehead atoms. The van der Waals surface area contributed by atoms with Crippen LogP contribution in [0.5, 0.6) is 23.0 Å². The summed E-state index contributed by atoms with van der Waals surface area (Å²) in [4.78, 5) is 0.187. The lowest BCUT2D eigenvalue weighted by Gasteiger charge is -2.28. The van der Waals surface area contributed by atoms with Crippen LogP contribution >= 0.6 is 0 Å². The molecule has 0 aromatic heterocycles. The zero-order chi connectivity index (χ0) is 21.6. The lowest BCUT2D eigenvalue weighted by molar-refractivity contribution is 0.137. The lowest BCUT2D eigenvalue weighted by atomic mass is 9.89. The van der Waals surface area contributed by atoms with E-state index in [0.717, 1.165) is 16.9 Å². The van der Waals surface area contributed by atoms with Crippen molar-refractivity contribution in [1.29, 1.82) is 0 Å². The highest BCUT2D eigenvalue weighted by molar-refractivity contribution is 7.92. The van der Waals surface area contributed by atoms with Crippen molar-refractivity contribution in [3.8, 4) is 23.0 Å². The number of methoxy groups -OCH3 is 2. The summed E-state index contributed by atoms with van der Waals surface area (Å²) in [7, 11) is -0.590. The summed E-state index contributed by atoms with van der Waals surface area (Å²) in [5, 5.41) is 0. The Balaban J connectivity index is 1.51. The maximum atomic E-state index is 12.8. The van der Waals surface area contributed by atoms with E-state index in [2.05, 4.69) is 4.72 Å². The molecule has 0 aliphatic carbocycles. The maximum Gasteiger partial charge on any atom is 0.261 e. The predicted octanol–water partition coefficient (Wildman–Crippen LogP) is 4.11. The van der Waals surface area contributed by atoms with Gasteiger partial charge in [0.1, 0.15) is 17.6 Å². The Morgan fingerprint density at radius 1 is 0.968 bits per heavy atom. The van der Waals surface area contributed by atoms with Crippen LogP contribution in [0.1, 0.15) is 23.1 Å². The topological polar surface area (TPSA) is 83.1 Å². The van der Waals surface area contributed by atoms with Crippen LogP contribution < -0.4 is 23.7 Å². The van der Waals surface area contributed by atoms with Crippen LogP contribution in [0.25, 0.3) is 0 Å². The second-order valence-corrected chi connectivity index (χ2v) is 9.06. The van der Waals surface area contributed by atoms with Crippen molar-refractivity contribution in [2.45, 2.75) is 16.9 Å². The molecule has 0 fully saturated rings. The standard InChI is InChI=1S/C23H21NO6S/c1-27-15-8-9-17-20(12-15)29-13-19-18-10-14(11-21(28-2)23(18)30-22(17)19)24-31(25,26)16-6-4-3-5-7-16/h3-12,19,22,24H,13H2,1-2H3. The van der Waals surface area contributed by atoms with Gasteiger partial charge in [-0.1, -0.05) is 18.2 Å². The first kappa shape index (κ1) is 19.6. The summed E-state index contributed by atoms with van der Waals surface area (Å²) in [6.45, 7) is 0.399. The average Bonchev–Trinajstić information content (AvgIpc) is 3.17. The second-order valence-electron chi connectivity index (χ2n) is 7.38. The Hall–Kier alpha value is -3.39. The summed E-state index contributed by atoms with van der Waals surface area (Å²) in [5.74, 6) is 2.41. The molecule has 31 heavy (non-hydrogen) atoms. The van der Waals surface area contributed by atoms with Crippen molar-refractivity contribution >= 4 is 15.7 Å². The molecule has 3 aromatic carbocycles. The minimum atomic E-state index is -3.73. The SMILES string of the molecule is COc1ccc2c(c1)OCC1c3cc(NS(=O)(=O)c4ccccc4)cc(OC)c3OC21. The third-order valence-electron chi connectivity index (χ3n) is 5.56. The minimum absolute atomic E-state index is 0.0917. The summed E-state index contributed by atoms with van der Waals surface area (Å²) >= 11 is 0. The van der Waals surface area contributed by atoms with Gasteiger partial charge in [0.05, 0.1) is 37.3 Å². The Morgan fingerprint density at radius 2 is 1.77 bits per heavy atom. The molecule has 1 N–H and O–H groups in total. The van der Waals surface area contributed by atoms with Gasteiger partial charge in [0.2, 0.25) is 0 Å². The van der Waals surface area contributed by atoms with Crippen LogP contribution in [0.15, 0.2) is 65.6 Å². The average molecular weight is 439 g/mol. The number of rotatable bonds is 5. The normalized spacial score (nSPS) is 18.6. The largest absolute Gasteiger partial charge is 0.497 e. The number of fused-ring (bicyclic) bond motifs is 5. The van der Waals surface area contributed by atoms with Crippen LogP contribution in [-0.4, -0.2) is 29.2 Å². The molecule has 7 nitrogen and oxygen atoms in total. The van der Waals surface area contributed by atoms with Gasteiger partial charge in [0, 0.05) is 23.3 Å². The molecule has 8 heteroatoms. The summed E-state index contributed by atoms with van der Waals surface area (Å²) in [5.41, 5.74) is 2.17. The third-order valence-corrected chi connectivity index (χ3v) is 6.96. The smallest absolute Gasteiger partial charge is 0.261 e. The van der Waals surface area contributed by atoms with Crippen LogP contribution in [0, 0.1) is 0 Å². The molecule has 3 aromatic rings. The number of benzene rings is 3. The van der Waals surface area contributed by atoms with Gasteiger partial charge in [-0.2, -0.15) is 0 Å². The van der Waals surface area contributed by atoms with E-state index in [1.165, 1.54) is 7.11 Å². The van der Waals surface area contributed by atoms with E-state index in [1.54, 1.807) is 49.6 Å². The fourth-order valence-corrected chi connectivity index (χ4v) is 5.12. The number of nitrogens with one attached hydrogen (secondary N) is 1. The van der Waals surface area contributed by atoms with Crippen molar-refractivity contribution in [2.24, 2.45) is 0 Å². The fraction of sp³-hybridized carbons (Fsp3) is 0.217. The first-order valence-electron chi connectivity index (χ1n) is 9.77. The molecule has 2 heterocycles. The van der Waals surface area contributed by atoms with E-state index in [1.807, 2.05) is 18.2 Å². The van der Waals surface area contributed by atoms with Gasteiger partial charge >= 0.3 is 0 Å². The molecule has 0 saturated heterocycles. The van der Waals surface area contributed by atoms with Crippen molar-refractivity contribution in [3.63, 3.8) is 0 Å². The molecule has 2 atom stereocenters. The number of hydrogen-bond donors (Lipinski definition) is 1. The highest BCUT2D eigenvalue weighted by atomic mass is 32.2. The van der Waals surface area contributed by atoms with Crippen LogP contribution in [0.2, 0.25) is 0 Å². The number of anilines is 1. The summed E-state index contributed by atoms with van der Waals surface area (Å²) in [6.07, 6.45) is -0.250. The van der Waals surface area contributed by atoms with Gasteiger partial charge in [0.15, 0.2) is 11.5 Å². The zero-order valence-corrected chi connectivity index (χ0v) is 17.8. The van der Waals surface area contributed by atoms with Crippen LogP contribution in [-0.2, 0) is 10.0 Å². The van der Waals surface area contributed by atoms with Crippen molar-refractivity contribution in [3.05, 3.63) is 71.8 Å². The first-order valence-corrected chi connectivity index (χ1v) is 11.3. The van der Waals surface area contributed by atoms with E-state index in [4.69, 9.17) is 18.9 Å². The number of ether oxygens (including phenoxy) is 4. The third kappa shape index (κ3) is 3.33. The molecule has 5 rings (SSSR count). The van der Waals surface area contributed by atoms with E-state index in [0.29, 0.717) is 29.5 Å². The first-order chi connectivity index (χ1) is 15.0. The van der Waals surface area contributed by atoms with E-state index < -0.39 is 10.0 Å². The molecule has 0 spiro atoms.